The normalized spacial score (nSPS) is 19.3. The van der Waals surface area contributed by atoms with Crippen LogP contribution in [0, 0.1) is 5.92 Å². The molecule has 2 aliphatic rings. The van der Waals surface area contributed by atoms with E-state index < -0.39 is 0 Å². The standard InChI is InChI=1S/C22H27NO3/c1-25-22(24)19-14-23(15-19)13-16-7-8-18-12-21(10-9-17(18)11-16)26-20-5-3-2-4-6-20/h7-12,19-20H,2-6,13-15H2,1H3. The van der Waals surface area contributed by atoms with Crippen LogP contribution in [-0.4, -0.2) is 37.2 Å². The van der Waals surface area contributed by atoms with E-state index in [9.17, 15) is 4.79 Å². The molecule has 0 aromatic heterocycles. The second-order valence-electron chi connectivity index (χ2n) is 7.64. The van der Waals surface area contributed by atoms with Crippen LogP contribution in [0.15, 0.2) is 36.4 Å². The molecule has 4 nitrogen and oxygen atoms in total. The molecule has 0 amide bonds. The Balaban J connectivity index is 1.38. The van der Waals surface area contributed by atoms with Crippen molar-refractivity contribution in [2.75, 3.05) is 20.2 Å². The third-order valence-electron chi connectivity index (χ3n) is 5.63. The lowest BCUT2D eigenvalue weighted by molar-refractivity contribution is -0.151. The van der Waals surface area contributed by atoms with Crippen molar-refractivity contribution in [3.8, 4) is 5.75 Å². The van der Waals surface area contributed by atoms with Crippen molar-refractivity contribution in [3.05, 3.63) is 42.0 Å². The summed E-state index contributed by atoms with van der Waals surface area (Å²) in [5, 5.41) is 2.46. The van der Waals surface area contributed by atoms with Crippen LogP contribution in [0.5, 0.6) is 5.75 Å². The highest BCUT2D eigenvalue weighted by atomic mass is 16.5. The minimum atomic E-state index is -0.0924. The summed E-state index contributed by atoms with van der Waals surface area (Å²) >= 11 is 0. The van der Waals surface area contributed by atoms with Crippen LogP contribution in [-0.2, 0) is 16.1 Å². The van der Waals surface area contributed by atoms with Gasteiger partial charge in [0, 0.05) is 19.6 Å². The lowest BCUT2D eigenvalue weighted by atomic mass is 9.97. The van der Waals surface area contributed by atoms with E-state index in [4.69, 9.17) is 9.47 Å². The van der Waals surface area contributed by atoms with Crippen LogP contribution in [0.1, 0.15) is 37.7 Å². The smallest absolute Gasteiger partial charge is 0.311 e. The number of carbonyl (C=O) groups is 1. The maximum atomic E-state index is 11.5. The quantitative estimate of drug-likeness (QED) is 0.757. The largest absolute Gasteiger partial charge is 0.490 e. The van der Waals surface area contributed by atoms with E-state index in [0.717, 1.165) is 25.4 Å². The van der Waals surface area contributed by atoms with Gasteiger partial charge in [-0.2, -0.15) is 0 Å². The van der Waals surface area contributed by atoms with Crippen LogP contribution >= 0.6 is 0 Å². The van der Waals surface area contributed by atoms with E-state index >= 15 is 0 Å². The molecule has 26 heavy (non-hydrogen) atoms. The molecule has 0 atom stereocenters. The summed E-state index contributed by atoms with van der Waals surface area (Å²) in [6.45, 7) is 2.46. The molecule has 1 aliphatic carbocycles. The molecule has 0 unspecified atom stereocenters. The van der Waals surface area contributed by atoms with Crippen molar-refractivity contribution in [1.29, 1.82) is 0 Å². The maximum absolute atomic E-state index is 11.5. The predicted molar refractivity (Wildman–Crippen MR) is 102 cm³/mol. The Morgan fingerprint density at radius 1 is 1.04 bits per heavy atom. The maximum Gasteiger partial charge on any atom is 0.311 e. The molecule has 1 heterocycles. The van der Waals surface area contributed by atoms with Gasteiger partial charge in [0.2, 0.25) is 0 Å². The van der Waals surface area contributed by atoms with Gasteiger partial charge in [-0.1, -0.05) is 24.6 Å². The van der Waals surface area contributed by atoms with Gasteiger partial charge in [0.05, 0.1) is 19.1 Å². The third kappa shape index (κ3) is 3.85. The summed E-state index contributed by atoms with van der Waals surface area (Å²) in [6.07, 6.45) is 6.66. The first kappa shape index (κ1) is 17.3. The fourth-order valence-corrected chi connectivity index (χ4v) is 4.09. The summed E-state index contributed by atoms with van der Waals surface area (Å²) in [5.74, 6) is 0.936. The van der Waals surface area contributed by atoms with E-state index in [-0.39, 0.29) is 11.9 Å². The molecule has 2 aromatic rings. The van der Waals surface area contributed by atoms with Crippen molar-refractivity contribution in [3.63, 3.8) is 0 Å². The molecule has 1 saturated carbocycles. The van der Waals surface area contributed by atoms with Crippen LogP contribution in [0.4, 0.5) is 0 Å². The van der Waals surface area contributed by atoms with Gasteiger partial charge in [-0.15, -0.1) is 0 Å². The van der Waals surface area contributed by atoms with Gasteiger partial charge in [-0.25, -0.2) is 0 Å². The lowest BCUT2D eigenvalue weighted by Crippen LogP contribution is -2.49. The molecule has 0 spiro atoms. The van der Waals surface area contributed by atoms with Crippen molar-refractivity contribution in [2.45, 2.75) is 44.8 Å². The number of likely N-dealkylation sites (tertiary alicyclic amines) is 1. The Hall–Kier alpha value is -2.07. The molecule has 4 rings (SSSR count). The topological polar surface area (TPSA) is 38.8 Å². The summed E-state index contributed by atoms with van der Waals surface area (Å²) < 4.78 is 11.0. The van der Waals surface area contributed by atoms with Gasteiger partial charge < -0.3 is 9.47 Å². The second kappa shape index (κ2) is 7.67. The average Bonchev–Trinajstić information content (AvgIpc) is 2.64. The lowest BCUT2D eigenvalue weighted by Gasteiger charge is -2.37. The van der Waals surface area contributed by atoms with Gasteiger partial charge >= 0.3 is 5.97 Å². The van der Waals surface area contributed by atoms with Crippen molar-refractivity contribution < 1.29 is 14.3 Å². The first-order valence-electron chi connectivity index (χ1n) is 9.71. The van der Waals surface area contributed by atoms with Crippen LogP contribution < -0.4 is 4.74 Å². The molecule has 0 radical (unpaired) electrons. The van der Waals surface area contributed by atoms with Crippen LogP contribution in [0.3, 0.4) is 0 Å². The fraction of sp³-hybridized carbons (Fsp3) is 0.500. The van der Waals surface area contributed by atoms with Gasteiger partial charge in [0.25, 0.3) is 0 Å². The number of nitrogens with zero attached hydrogens (tertiary/aromatic N) is 1. The van der Waals surface area contributed by atoms with Gasteiger partial charge in [-0.05, 0) is 60.2 Å². The first-order valence-corrected chi connectivity index (χ1v) is 9.71. The highest BCUT2D eigenvalue weighted by Gasteiger charge is 2.33. The average molecular weight is 353 g/mol. The van der Waals surface area contributed by atoms with E-state index in [1.807, 2.05) is 0 Å². The van der Waals surface area contributed by atoms with Gasteiger partial charge in [0.1, 0.15) is 5.75 Å². The van der Waals surface area contributed by atoms with E-state index in [1.165, 1.54) is 55.5 Å². The molecular weight excluding hydrogens is 326 g/mol. The van der Waals surface area contributed by atoms with E-state index in [0.29, 0.717) is 6.10 Å². The Labute approximate surface area is 155 Å². The predicted octanol–water partition coefficient (Wildman–Crippen LogP) is 4.16. The van der Waals surface area contributed by atoms with Crippen LogP contribution in [0.25, 0.3) is 10.8 Å². The van der Waals surface area contributed by atoms with E-state index in [2.05, 4.69) is 41.3 Å². The number of hydrogen-bond acceptors (Lipinski definition) is 4. The molecule has 0 N–H and O–H groups in total. The Morgan fingerprint density at radius 2 is 1.77 bits per heavy atom. The summed E-state index contributed by atoms with van der Waals surface area (Å²) in [6, 6.07) is 13.0. The van der Waals surface area contributed by atoms with E-state index in [1.54, 1.807) is 0 Å². The summed E-state index contributed by atoms with van der Waals surface area (Å²) in [5.41, 5.74) is 1.28. The number of carbonyl (C=O) groups excluding carboxylic acids is 1. The van der Waals surface area contributed by atoms with Crippen molar-refractivity contribution in [1.82, 2.24) is 4.90 Å². The number of rotatable bonds is 5. The number of ether oxygens (including phenoxy) is 2. The fourth-order valence-electron chi connectivity index (χ4n) is 4.09. The highest BCUT2D eigenvalue weighted by Crippen LogP contribution is 2.28. The zero-order valence-corrected chi connectivity index (χ0v) is 15.4. The molecule has 138 valence electrons. The number of fused-ring (bicyclic) bond motifs is 1. The molecule has 4 heteroatoms. The second-order valence-corrected chi connectivity index (χ2v) is 7.64. The Bertz CT molecular complexity index is 776. The number of methoxy groups -OCH3 is 1. The molecular formula is C22H27NO3. The number of hydrogen-bond donors (Lipinski definition) is 0. The SMILES string of the molecule is COC(=O)C1CN(Cc2ccc3cc(OC4CCCCC4)ccc3c2)C1. The zero-order chi connectivity index (χ0) is 17.9. The van der Waals surface area contributed by atoms with Crippen molar-refractivity contribution >= 4 is 16.7 Å². The number of benzene rings is 2. The molecule has 1 aliphatic heterocycles. The van der Waals surface area contributed by atoms with Gasteiger partial charge in [-0.3, -0.25) is 9.69 Å². The minimum Gasteiger partial charge on any atom is -0.490 e. The molecule has 0 bridgehead atoms. The summed E-state index contributed by atoms with van der Waals surface area (Å²) in [7, 11) is 1.46. The third-order valence-corrected chi connectivity index (χ3v) is 5.63. The minimum absolute atomic E-state index is 0.0416. The zero-order valence-electron chi connectivity index (χ0n) is 15.4. The van der Waals surface area contributed by atoms with Crippen molar-refractivity contribution in [2.24, 2.45) is 5.92 Å². The molecule has 2 fully saturated rings. The Morgan fingerprint density at radius 3 is 2.54 bits per heavy atom. The molecule has 1 saturated heterocycles. The highest BCUT2D eigenvalue weighted by molar-refractivity contribution is 5.84. The first-order chi connectivity index (χ1) is 12.7. The van der Waals surface area contributed by atoms with Gasteiger partial charge in [0.15, 0.2) is 0 Å². The molecule has 2 aromatic carbocycles. The number of esters is 1. The summed E-state index contributed by atoms with van der Waals surface area (Å²) in [4.78, 5) is 13.8. The monoisotopic (exact) mass is 353 g/mol. The van der Waals surface area contributed by atoms with Crippen LogP contribution in [0.2, 0.25) is 0 Å². The Kier molecular flexibility index (Phi) is 5.11.